The first kappa shape index (κ1) is 23.9. The number of fused-ring (bicyclic) bond motifs is 5. The van der Waals surface area contributed by atoms with E-state index in [0.29, 0.717) is 17.8 Å². The molecule has 34 heavy (non-hydrogen) atoms. The zero-order chi connectivity index (χ0) is 24.6. The minimum Gasteiger partial charge on any atom is -0.479 e. The van der Waals surface area contributed by atoms with Gasteiger partial charge in [0, 0.05) is 5.41 Å². The van der Waals surface area contributed by atoms with E-state index in [2.05, 4.69) is 26.5 Å². The summed E-state index contributed by atoms with van der Waals surface area (Å²) in [6, 6.07) is 0. The maximum Gasteiger partial charge on any atom is 0.335 e. The second-order valence-corrected chi connectivity index (χ2v) is 11.2. The van der Waals surface area contributed by atoms with E-state index in [1.54, 1.807) is 12.2 Å². The average molecular weight is 475 g/mol. The standard InChI is InChI=1S/C26H34O8/c1-12-10-14-15-4-5-18(33-24-21(30)19(28)20(29)22(34-24)23(31)32)26(15,3)9-7-16(14)25(2)8-6-13(27)11-17(12)25/h6,8,11,14-16,18-22,24,28-30H,1,4-5,7,9-10H2,2-3H3,(H,31,32)/t14-,15-,16-,18-,19-,20-,21+,22-,24+,25+,26-/m0/s1. The van der Waals surface area contributed by atoms with Crippen LogP contribution in [0.15, 0.2) is 36.0 Å². The van der Waals surface area contributed by atoms with Gasteiger partial charge >= 0.3 is 5.97 Å². The van der Waals surface area contributed by atoms with E-state index in [-0.39, 0.29) is 22.7 Å². The van der Waals surface area contributed by atoms with Crippen LogP contribution in [0, 0.1) is 28.6 Å². The maximum absolute atomic E-state index is 12.0. The number of allylic oxidation sites excluding steroid dienone is 5. The zero-order valence-electron chi connectivity index (χ0n) is 19.6. The van der Waals surface area contributed by atoms with Crippen molar-refractivity contribution in [2.45, 2.75) is 82.8 Å². The highest BCUT2D eigenvalue weighted by Gasteiger charge is 2.60. The number of aliphatic carboxylic acids is 1. The number of carbonyl (C=O) groups is 2. The number of hydrogen-bond acceptors (Lipinski definition) is 7. The van der Waals surface area contributed by atoms with E-state index in [9.17, 15) is 30.0 Å². The van der Waals surface area contributed by atoms with Crippen LogP contribution in [0.4, 0.5) is 0 Å². The summed E-state index contributed by atoms with van der Waals surface area (Å²) in [7, 11) is 0. The fourth-order valence-corrected chi connectivity index (χ4v) is 7.71. The Hall–Kier alpha value is -1.84. The molecular formula is C26H34O8. The number of ketones is 1. The normalized spacial score (nSPS) is 50.3. The molecule has 4 aliphatic carbocycles. The molecule has 0 unspecified atom stereocenters. The van der Waals surface area contributed by atoms with Gasteiger partial charge in [0.15, 0.2) is 18.2 Å². The number of aliphatic hydroxyl groups excluding tert-OH is 3. The molecule has 0 aromatic heterocycles. The third-order valence-electron chi connectivity index (χ3n) is 9.56. The Kier molecular flexibility index (Phi) is 5.69. The minimum atomic E-state index is -1.73. The molecule has 8 heteroatoms. The predicted octanol–water partition coefficient (Wildman–Crippen LogP) is 1.74. The lowest BCUT2D eigenvalue weighted by molar-refractivity contribution is -0.312. The van der Waals surface area contributed by atoms with E-state index >= 15 is 0 Å². The maximum atomic E-state index is 12.0. The van der Waals surface area contributed by atoms with Crippen LogP contribution in [0.1, 0.15) is 46.0 Å². The lowest BCUT2D eigenvalue weighted by Gasteiger charge is -2.57. The highest BCUT2D eigenvalue weighted by molar-refractivity contribution is 6.01. The fourth-order valence-electron chi connectivity index (χ4n) is 7.71. The first-order valence-electron chi connectivity index (χ1n) is 12.2. The van der Waals surface area contributed by atoms with Crippen LogP contribution in [0.3, 0.4) is 0 Å². The SMILES string of the molecule is C=C1C[C@H]2[C@@H]3CC[C@H](O[C@@H]4O[C@H](C(=O)O)[C@@H](O)[C@H](O)[C@H]4O)[C@@]3(C)CC[C@@H]2[C@@]2(C)C=CC(=O)C=C12. The first-order chi connectivity index (χ1) is 16.0. The molecule has 0 radical (unpaired) electrons. The molecule has 0 amide bonds. The molecule has 1 aliphatic heterocycles. The molecule has 1 heterocycles. The van der Waals surface area contributed by atoms with Gasteiger partial charge in [-0.1, -0.05) is 32.1 Å². The second kappa shape index (κ2) is 8.10. The van der Waals surface area contributed by atoms with E-state index < -0.39 is 36.7 Å². The number of carboxylic acid groups (broad SMARTS) is 1. The Bertz CT molecular complexity index is 970. The highest BCUT2D eigenvalue weighted by Crippen LogP contribution is 2.65. The third kappa shape index (κ3) is 3.38. The molecule has 5 aliphatic rings. The van der Waals surface area contributed by atoms with E-state index in [4.69, 9.17) is 9.47 Å². The average Bonchev–Trinajstić information content (AvgIpc) is 3.11. The van der Waals surface area contributed by atoms with Crippen LogP contribution in [0.5, 0.6) is 0 Å². The van der Waals surface area contributed by atoms with Crippen LogP contribution >= 0.6 is 0 Å². The first-order valence-corrected chi connectivity index (χ1v) is 12.2. The van der Waals surface area contributed by atoms with Crippen molar-refractivity contribution in [2.24, 2.45) is 28.6 Å². The van der Waals surface area contributed by atoms with E-state index in [1.165, 1.54) is 0 Å². The largest absolute Gasteiger partial charge is 0.479 e. The molecule has 5 rings (SSSR count). The second-order valence-electron chi connectivity index (χ2n) is 11.2. The molecule has 0 aromatic carbocycles. The monoisotopic (exact) mass is 474 g/mol. The number of rotatable bonds is 3. The molecule has 186 valence electrons. The zero-order valence-corrected chi connectivity index (χ0v) is 19.6. The highest BCUT2D eigenvalue weighted by atomic mass is 16.7. The molecule has 0 spiro atoms. The van der Waals surface area contributed by atoms with Gasteiger partial charge in [-0.15, -0.1) is 0 Å². The Balaban J connectivity index is 1.37. The summed E-state index contributed by atoms with van der Waals surface area (Å²) in [4.78, 5) is 23.5. The van der Waals surface area contributed by atoms with Crippen molar-refractivity contribution in [3.63, 3.8) is 0 Å². The van der Waals surface area contributed by atoms with Crippen LogP contribution in [0.2, 0.25) is 0 Å². The molecule has 3 saturated carbocycles. The number of ether oxygens (including phenoxy) is 2. The van der Waals surface area contributed by atoms with Gasteiger partial charge in [-0.25, -0.2) is 4.79 Å². The number of carboxylic acids is 1. The van der Waals surface area contributed by atoms with Crippen molar-refractivity contribution in [1.29, 1.82) is 0 Å². The number of aliphatic hydroxyl groups is 3. The summed E-state index contributed by atoms with van der Waals surface area (Å²) in [6.45, 7) is 8.72. The number of carbonyl (C=O) groups excluding carboxylic acids is 1. The minimum absolute atomic E-state index is 0.0139. The summed E-state index contributed by atoms with van der Waals surface area (Å²) >= 11 is 0. The van der Waals surface area contributed by atoms with Crippen LogP contribution in [0.25, 0.3) is 0 Å². The summed E-state index contributed by atoms with van der Waals surface area (Å²) in [5.74, 6) is -0.310. The van der Waals surface area contributed by atoms with Crippen molar-refractivity contribution in [3.05, 3.63) is 36.0 Å². The molecule has 4 N–H and O–H groups in total. The summed E-state index contributed by atoms with van der Waals surface area (Å²) in [5.41, 5.74) is 1.64. The Morgan fingerprint density at radius 3 is 2.56 bits per heavy atom. The topological polar surface area (TPSA) is 134 Å². The van der Waals surface area contributed by atoms with Crippen molar-refractivity contribution in [3.8, 4) is 0 Å². The lowest BCUT2D eigenvalue weighted by atomic mass is 9.47. The van der Waals surface area contributed by atoms with E-state index in [0.717, 1.165) is 43.3 Å². The Morgan fingerprint density at radius 1 is 1.12 bits per heavy atom. The summed E-state index contributed by atoms with van der Waals surface area (Å²) in [6.07, 6.45) is 1.55. The molecule has 0 bridgehead atoms. The third-order valence-corrected chi connectivity index (χ3v) is 9.56. The van der Waals surface area contributed by atoms with Gasteiger partial charge in [-0.3, -0.25) is 4.79 Å². The van der Waals surface area contributed by atoms with Gasteiger partial charge in [0.25, 0.3) is 0 Å². The van der Waals surface area contributed by atoms with Gasteiger partial charge in [0.05, 0.1) is 6.10 Å². The van der Waals surface area contributed by atoms with Gasteiger partial charge in [-0.05, 0) is 73.0 Å². The Labute approximate surface area is 198 Å². The van der Waals surface area contributed by atoms with Crippen molar-refractivity contribution >= 4 is 11.8 Å². The van der Waals surface area contributed by atoms with Gasteiger partial charge < -0.3 is 29.9 Å². The van der Waals surface area contributed by atoms with Gasteiger partial charge in [-0.2, -0.15) is 0 Å². The predicted molar refractivity (Wildman–Crippen MR) is 120 cm³/mol. The van der Waals surface area contributed by atoms with E-state index in [1.807, 2.05) is 0 Å². The van der Waals surface area contributed by atoms with Crippen molar-refractivity contribution in [1.82, 2.24) is 0 Å². The number of hydrogen-bond donors (Lipinski definition) is 4. The Morgan fingerprint density at radius 2 is 1.85 bits per heavy atom. The van der Waals surface area contributed by atoms with Gasteiger partial charge in [0.2, 0.25) is 0 Å². The molecule has 8 nitrogen and oxygen atoms in total. The summed E-state index contributed by atoms with van der Waals surface area (Å²) < 4.78 is 11.6. The molecule has 4 fully saturated rings. The lowest BCUT2D eigenvalue weighted by Crippen LogP contribution is -2.61. The van der Waals surface area contributed by atoms with Crippen molar-refractivity contribution in [2.75, 3.05) is 0 Å². The fraction of sp³-hybridized carbons (Fsp3) is 0.692. The van der Waals surface area contributed by atoms with Gasteiger partial charge in [0.1, 0.15) is 18.3 Å². The molecular weight excluding hydrogens is 440 g/mol. The quantitative estimate of drug-likeness (QED) is 0.486. The molecule has 1 saturated heterocycles. The molecule has 11 atom stereocenters. The van der Waals surface area contributed by atoms with Crippen LogP contribution < -0.4 is 0 Å². The van der Waals surface area contributed by atoms with Crippen molar-refractivity contribution < 1.29 is 39.5 Å². The molecule has 0 aromatic rings. The summed E-state index contributed by atoms with van der Waals surface area (Å²) in [5, 5.41) is 39.9. The smallest absolute Gasteiger partial charge is 0.335 e. The van der Waals surface area contributed by atoms with Crippen LogP contribution in [-0.2, 0) is 19.1 Å². The van der Waals surface area contributed by atoms with Crippen LogP contribution in [-0.4, -0.2) is 69.0 Å².